The smallest absolute Gasteiger partial charge is 0.504 e. The van der Waals surface area contributed by atoms with Gasteiger partial charge in [0.05, 0.1) is 0 Å². The first-order chi connectivity index (χ1) is 8.22. The predicted molar refractivity (Wildman–Crippen MR) is 71.0 cm³/mol. The minimum atomic E-state index is -1.73. The summed E-state index contributed by atoms with van der Waals surface area (Å²) in [5.41, 5.74) is 0. The lowest BCUT2D eigenvalue weighted by molar-refractivity contribution is 0.292. The lowest BCUT2D eigenvalue weighted by Crippen LogP contribution is -2.19. The van der Waals surface area contributed by atoms with Crippen LogP contribution in [-0.2, 0) is 6.54 Å². The molecule has 0 unspecified atom stereocenters. The fourth-order valence-corrected chi connectivity index (χ4v) is 2.35. The average Bonchev–Trinajstić information content (AvgIpc) is 2.70. The van der Waals surface area contributed by atoms with Crippen molar-refractivity contribution in [2.24, 2.45) is 0 Å². The zero-order valence-corrected chi connectivity index (χ0v) is 11.0. The van der Waals surface area contributed by atoms with E-state index in [-0.39, 0.29) is 0 Å². The Morgan fingerprint density at radius 1 is 1.29 bits per heavy atom. The highest BCUT2D eigenvalue weighted by Crippen LogP contribution is 2.24. The molecule has 1 aromatic heterocycles. The lowest BCUT2D eigenvalue weighted by atomic mass is 10.2. The summed E-state index contributed by atoms with van der Waals surface area (Å²) in [7, 11) is -1.73. The molecule has 0 spiro atoms. The van der Waals surface area contributed by atoms with Crippen LogP contribution in [0.15, 0.2) is 12.1 Å². The van der Waals surface area contributed by atoms with Gasteiger partial charge in [-0.05, 0) is 25.1 Å². The van der Waals surface area contributed by atoms with Gasteiger partial charge in [0.25, 0.3) is 0 Å². The maximum Gasteiger partial charge on any atom is 0.708 e. The normalized spacial score (nSPS) is 10.5. The number of nitrogens with one attached hydrogen (secondary N) is 1. The Balaban J connectivity index is 2.12. The van der Waals surface area contributed by atoms with Crippen molar-refractivity contribution in [3.63, 3.8) is 0 Å². The van der Waals surface area contributed by atoms with Gasteiger partial charge in [0.1, 0.15) is 0 Å². The highest BCUT2D eigenvalue weighted by Gasteiger charge is 2.12. The molecule has 0 atom stereocenters. The van der Waals surface area contributed by atoms with Crippen LogP contribution in [0, 0.1) is 0 Å². The molecule has 17 heavy (non-hydrogen) atoms. The second-order valence-electron chi connectivity index (χ2n) is 3.90. The van der Waals surface area contributed by atoms with Crippen molar-refractivity contribution in [1.29, 1.82) is 0 Å². The molecule has 0 saturated heterocycles. The van der Waals surface area contributed by atoms with E-state index in [1.54, 1.807) is 6.07 Å². The maximum atomic E-state index is 8.64. The van der Waals surface area contributed by atoms with Gasteiger partial charge < -0.3 is 20.0 Å². The van der Waals surface area contributed by atoms with E-state index in [9.17, 15) is 0 Å². The molecular weight excluding hydrogens is 237 g/mol. The van der Waals surface area contributed by atoms with Crippen molar-refractivity contribution in [3.8, 4) is 5.06 Å². The second-order valence-corrected chi connectivity index (χ2v) is 5.03. The van der Waals surface area contributed by atoms with Gasteiger partial charge in [-0.25, -0.2) is 0 Å². The molecule has 3 N–H and O–H groups in total. The first kappa shape index (κ1) is 14.5. The molecular formula is C11H20BNO3S. The first-order valence-corrected chi connectivity index (χ1v) is 6.86. The largest absolute Gasteiger partial charge is 0.708 e. The van der Waals surface area contributed by atoms with E-state index in [4.69, 9.17) is 14.7 Å². The Hall–Kier alpha value is -0.555. The van der Waals surface area contributed by atoms with Gasteiger partial charge in [0.2, 0.25) is 0 Å². The van der Waals surface area contributed by atoms with Crippen molar-refractivity contribution in [2.45, 2.75) is 39.2 Å². The minimum absolute atomic E-state index is 0.530. The highest BCUT2D eigenvalue weighted by molar-refractivity contribution is 7.14. The molecule has 1 aromatic rings. The standard InChI is InChI=1S/C11H20BNO3S/c1-2-3-4-5-8-13-9-10-6-7-11(17-10)16-12(14)15/h6-7,13-15H,2-5,8-9H2,1H3. The summed E-state index contributed by atoms with van der Waals surface area (Å²) in [5, 5.41) is 21.2. The fourth-order valence-electron chi connectivity index (χ4n) is 1.51. The van der Waals surface area contributed by atoms with Crippen molar-refractivity contribution < 1.29 is 14.7 Å². The van der Waals surface area contributed by atoms with Gasteiger partial charge >= 0.3 is 7.32 Å². The first-order valence-electron chi connectivity index (χ1n) is 6.04. The number of thiophene rings is 1. The molecule has 0 aliphatic rings. The Bertz CT molecular complexity index is 307. The van der Waals surface area contributed by atoms with Crippen LogP contribution in [0.3, 0.4) is 0 Å². The van der Waals surface area contributed by atoms with Gasteiger partial charge in [0.15, 0.2) is 5.06 Å². The van der Waals surface area contributed by atoms with E-state index in [2.05, 4.69) is 12.2 Å². The summed E-state index contributed by atoms with van der Waals surface area (Å²) in [6.45, 7) is 4.04. The predicted octanol–water partition coefficient (Wildman–Crippen LogP) is 1.77. The van der Waals surface area contributed by atoms with Gasteiger partial charge in [-0.3, -0.25) is 0 Å². The van der Waals surface area contributed by atoms with Gasteiger partial charge in [-0.15, -0.1) is 11.3 Å². The van der Waals surface area contributed by atoms with Crippen LogP contribution in [0.1, 0.15) is 37.5 Å². The molecule has 96 valence electrons. The summed E-state index contributed by atoms with van der Waals surface area (Å²) in [6.07, 6.45) is 5.04. The van der Waals surface area contributed by atoms with Crippen molar-refractivity contribution >= 4 is 18.7 Å². The molecule has 0 aliphatic heterocycles. The summed E-state index contributed by atoms with van der Waals surface area (Å²) in [4.78, 5) is 1.14. The Labute approximate surface area is 107 Å². The SMILES string of the molecule is CCCCCCNCc1ccc(OB(O)O)s1. The molecule has 0 bridgehead atoms. The Morgan fingerprint density at radius 2 is 2.12 bits per heavy atom. The molecule has 0 fully saturated rings. The maximum absolute atomic E-state index is 8.64. The number of hydrogen-bond acceptors (Lipinski definition) is 5. The second kappa shape index (κ2) is 8.52. The quantitative estimate of drug-likeness (QED) is 0.466. The van der Waals surface area contributed by atoms with Crippen LogP contribution >= 0.6 is 11.3 Å². The van der Waals surface area contributed by atoms with Crippen LogP contribution in [0.4, 0.5) is 0 Å². The molecule has 6 heteroatoms. The molecule has 4 nitrogen and oxygen atoms in total. The minimum Gasteiger partial charge on any atom is -0.504 e. The number of hydrogen-bond donors (Lipinski definition) is 3. The van der Waals surface area contributed by atoms with Gasteiger partial charge in [-0.2, -0.15) is 0 Å². The third-order valence-corrected chi connectivity index (χ3v) is 3.34. The third kappa shape index (κ3) is 6.68. The molecule has 0 radical (unpaired) electrons. The van der Waals surface area contributed by atoms with Crippen LogP contribution < -0.4 is 9.97 Å². The summed E-state index contributed by atoms with van der Waals surface area (Å²) in [6, 6.07) is 3.68. The zero-order chi connectivity index (χ0) is 12.5. The fraction of sp³-hybridized carbons (Fsp3) is 0.636. The highest BCUT2D eigenvalue weighted by atomic mass is 32.1. The molecule has 0 aromatic carbocycles. The van der Waals surface area contributed by atoms with Gasteiger partial charge in [0, 0.05) is 11.4 Å². The van der Waals surface area contributed by atoms with Crippen molar-refractivity contribution in [2.75, 3.05) is 6.54 Å². The zero-order valence-electron chi connectivity index (χ0n) is 10.2. The van der Waals surface area contributed by atoms with Crippen molar-refractivity contribution in [3.05, 3.63) is 17.0 Å². The van der Waals surface area contributed by atoms with Gasteiger partial charge in [-0.1, -0.05) is 26.2 Å². The summed E-state index contributed by atoms with van der Waals surface area (Å²) in [5.74, 6) is 0. The van der Waals surface area contributed by atoms with E-state index in [0.29, 0.717) is 5.06 Å². The van der Waals surface area contributed by atoms with Crippen LogP contribution in [0.2, 0.25) is 0 Å². The molecule has 0 amide bonds. The van der Waals surface area contributed by atoms with E-state index < -0.39 is 7.32 Å². The molecule has 0 aliphatic carbocycles. The molecule has 1 rings (SSSR count). The summed E-state index contributed by atoms with van der Waals surface area (Å²) < 4.78 is 4.76. The van der Waals surface area contributed by atoms with Crippen LogP contribution in [0.5, 0.6) is 5.06 Å². The third-order valence-electron chi connectivity index (χ3n) is 2.36. The van der Waals surface area contributed by atoms with Crippen LogP contribution in [-0.4, -0.2) is 23.9 Å². The van der Waals surface area contributed by atoms with Crippen molar-refractivity contribution in [1.82, 2.24) is 5.32 Å². The topological polar surface area (TPSA) is 61.7 Å². The summed E-state index contributed by atoms with van der Waals surface area (Å²) >= 11 is 1.42. The lowest BCUT2D eigenvalue weighted by Gasteiger charge is -2.02. The Morgan fingerprint density at radius 3 is 2.82 bits per heavy atom. The van der Waals surface area contributed by atoms with E-state index in [1.807, 2.05) is 6.07 Å². The number of unbranched alkanes of at least 4 members (excludes halogenated alkanes) is 3. The number of rotatable bonds is 9. The Kier molecular flexibility index (Phi) is 7.27. The van der Waals surface area contributed by atoms with E-state index >= 15 is 0 Å². The molecule has 1 heterocycles. The van der Waals surface area contributed by atoms with E-state index in [1.165, 1.54) is 37.0 Å². The molecule has 0 saturated carbocycles. The van der Waals surface area contributed by atoms with E-state index in [0.717, 1.165) is 18.0 Å². The average molecular weight is 257 g/mol. The van der Waals surface area contributed by atoms with Crippen LogP contribution in [0.25, 0.3) is 0 Å². The monoisotopic (exact) mass is 257 g/mol.